The van der Waals surface area contributed by atoms with Crippen LogP contribution in [0, 0.1) is 24.1 Å². The number of hydrogen-bond acceptors (Lipinski definition) is 5. The number of pyridine rings is 1. The average Bonchev–Trinajstić information content (AvgIpc) is 3.07. The minimum absolute atomic E-state index is 0.0825. The summed E-state index contributed by atoms with van der Waals surface area (Å²) in [6.45, 7) is 1.83. The van der Waals surface area contributed by atoms with Crippen LogP contribution in [0.15, 0.2) is 36.7 Å². The lowest BCUT2D eigenvalue weighted by atomic mass is 10.00. The van der Waals surface area contributed by atoms with Crippen LogP contribution in [-0.4, -0.2) is 21.0 Å². The van der Waals surface area contributed by atoms with E-state index in [4.69, 9.17) is 5.11 Å². The minimum Gasteiger partial charge on any atom is -0.477 e. The van der Waals surface area contributed by atoms with Crippen LogP contribution in [0.4, 0.5) is 4.39 Å². The van der Waals surface area contributed by atoms with E-state index in [1.807, 2.05) is 13.0 Å². The lowest BCUT2D eigenvalue weighted by Crippen LogP contribution is -1.93. The van der Waals surface area contributed by atoms with E-state index in [2.05, 4.69) is 9.97 Å². The highest BCUT2D eigenvalue weighted by Gasteiger charge is 2.15. The van der Waals surface area contributed by atoms with Gasteiger partial charge in [0.25, 0.3) is 0 Å². The number of carboxylic acids is 1. The minimum atomic E-state index is -1.07. The van der Waals surface area contributed by atoms with E-state index in [0.717, 1.165) is 16.9 Å². The third-order valence-corrected chi connectivity index (χ3v) is 4.38. The highest BCUT2D eigenvalue weighted by molar-refractivity contribution is 7.16. The summed E-state index contributed by atoms with van der Waals surface area (Å²) in [5, 5.41) is 18.7. The SMILES string of the molecule is Cc1ccc(F)c(-c2cnc(-c3ncc(C(=O)O)s3)cc2C#N)c1. The van der Waals surface area contributed by atoms with Crippen LogP contribution >= 0.6 is 11.3 Å². The molecule has 1 N–H and O–H groups in total. The van der Waals surface area contributed by atoms with Crippen molar-refractivity contribution < 1.29 is 14.3 Å². The summed E-state index contributed by atoms with van der Waals surface area (Å²) in [6, 6.07) is 8.17. The van der Waals surface area contributed by atoms with Gasteiger partial charge in [-0.05, 0) is 25.1 Å². The predicted octanol–water partition coefficient (Wildman–Crippen LogP) is 3.89. The van der Waals surface area contributed by atoms with Crippen molar-refractivity contribution in [3.63, 3.8) is 0 Å². The fourth-order valence-corrected chi connectivity index (χ4v) is 2.94. The number of nitriles is 1. The number of benzene rings is 1. The molecule has 24 heavy (non-hydrogen) atoms. The zero-order valence-electron chi connectivity index (χ0n) is 12.4. The molecule has 0 aliphatic carbocycles. The van der Waals surface area contributed by atoms with E-state index in [-0.39, 0.29) is 10.4 Å². The van der Waals surface area contributed by atoms with Crippen molar-refractivity contribution in [3.05, 3.63) is 58.5 Å². The molecular weight excluding hydrogens is 329 g/mol. The number of thiazole rings is 1. The fourth-order valence-electron chi connectivity index (χ4n) is 2.22. The summed E-state index contributed by atoms with van der Waals surface area (Å²) in [4.78, 5) is 19.2. The van der Waals surface area contributed by atoms with Crippen molar-refractivity contribution in [1.82, 2.24) is 9.97 Å². The molecule has 0 unspecified atom stereocenters. The Kier molecular flexibility index (Phi) is 4.06. The first kappa shape index (κ1) is 15.8. The molecule has 0 radical (unpaired) electrons. The Morgan fingerprint density at radius 2 is 2.04 bits per heavy atom. The molecule has 0 atom stereocenters. The van der Waals surface area contributed by atoms with Gasteiger partial charge in [-0.25, -0.2) is 14.2 Å². The summed E-state index contributed by atoms with van der Waals surface area (Å²) in [5.41, 5.74) is 2.18. The quantitative estimate of drug-likeness (QED) is 0.782. The van der Waals surface area contributed by atoms with E-state index >= 15 is 0 Å². The van der Waals surface area contributed by atoms with E-state index in [9.17, 15) is 14.4 Å². The molecule has 2 heterocycles. The van der Waals surface area contributed by atoms with Crippen molar-refractivity contribution >= 4 is 17.3 Å². The highest BCUT2D eigenvalue weighted by atomic mass is 32.1. The maximum Gasteiger partial charge on any atom is 0.347 e. The van der Waals surface area contributed by atoms with E-state index in [1.165, 1.54) is 24.5 Å². The number of halogens is 1. The average molecular weight is 339 g/mol. The first-order valence-electron chi connectivity index (χ1n) is 6.85. The van der Waals surface area contributed by atoms with Crippen molar-refractivity contribution in [2.75, 3.05) is 0 Å². The van der Waals surface area contributed by atoms with Crippen LogP contribution < -0.4 is 0 Å². The number of aryl methyl sites for hydroxylation is 1. The smallest absolute Gasteiger partial charge is 0.347 e. The van der Waals surface area contributed by atoms with Gasteiger partial charge in [0.15, 0.2) is 0 Å². The fraction of sp³-hybridized carbons (Fsp3) is 0.0588. The lowest BCUT2D eigenvalue weighted by Gasteiger charge is -2.07. The van der Waals surface area contributed by atoms with Gasteiger partial charge in [0.1, 0.15) is 21.4 Å². The molecular formula is C17H10FN3O2S. The normalized spacial score (nSPS) is 10.4. The number of carboxylic acid groups (broad SMARTS) is 1. The molecule has 0 fully saturated rings. The molecule has 0 spiro atoms. The zero-order valence-corrected chi connectivity index (χ0v) is 13.3. The van der Waals surface area contributed by atoms with Gasteiger partial charge in [0.2, 0.25) is 0 Å². The second-order valence-electron chi connectivity index (χ2n) is 5.05. The third-order valence-electron chi connectivity index (χ3n) is 3.37. The second-order valence-corrected chi connectivity index (χ2v) is 6.08. The Bertz CT molecular complexity index is 992. The first-order valence-corrected chi connectivity index (χ1v) is 7.67. The molecule has 0 amide bonds. The van der Waals surface area contributed by atoms with Crippen molar-refractivity contribution in [1.29, 1.82) is 5.26 Å². The molecule has 1 aromatic carbocycles. The maximum atomic E-state index is 14.1. The van der Waals surface area contributed by atoms with Crippen molar-refractivity contribution in [2.45, 2.75) is 6.92 Å². The molecule has 0 aliphatic rings. The Morgan fingerprint density at radius 1 is 1.25 bits per heavy atom. The summed E-state index contributed by atoms with van der Waals surface area (Å²) >= 11 is 0.964. The second kappa shape index (κ2) is 6.18. The molecule has 7 heteroatoms. The summed E-state index contributed by atoms with van der Waals surface area (Å²) in [6.07, 6.45) is 2.65. The van der Waals surface area contributed by atoms with E-state index < -0.39 is 11.8 Å². The van der Waals surface area contributed by atoms with Gasteiger partial charge in [0, 0.05) is 17.3 Å². The summed E-state index contributed by atoms with van der Waals surface area (Å²) in [5.74, 6) is -1.51. The number of rotatable bonds is 3. The Labute approximate surface area is 140 Å². The van der Waals surface area contributed by atoms with Crippen molar-refractivity contribution in [2.24, 2.45) is 0 Å². The molecule has 0 saturated heterocycles. The van der Waals surface area contributed by atoms with Crippen LogP contribution in [-0.2, 0) is 0 Å². The third kappa shape index (κ3) is 2.87. The highest BCUT2D eigenvalue weighted by Crippen LogP contribution is 2.30. The number of aromatic carboxylic acids is 1. The summed E-state index contributed by atoms with van der Waals surface area (Å²) in [7, 11) is 0. The number of nitrogens with zero attached hydrogens (tertiary/aromatic N) is 3. The molecule has 118 valence electrons. The van der Waals surface area contributed by atoms with Gasteiger partial charge < -0.3 is 5.11 Å². The van der Waals surface area contributed by atoms with Gasteiger partial charge in [-0.1, -0.05) is 11.6 Å². The first-order chi connectivity index (χ1) is 11.5. The standard InChI is InChI=1S/C17H10FN3O2S/c1-9-2-3-13(18)11(4-9)12-7-20-14(5-10(12)6-19)16-21-8-15(24-16)17(22)23/h2-5,7-8H,1H3,(H,22,23). The monoisotopic (exact) mass is 339 g/mol. The Balaban J connectivity index is 2.10. The number of aromatic nitrogens is 2. The van der Waals surface area contributed by atoms with Gasteiger partial charge >= 0.3 is 5.97 Å². The summed E-state index contributed by atoms with van der Waals surface area (Å²) < 4.78 is 14.1. The van der Waals surface area contributed by atoms with Crippen LogP contribution in [0.5, 0.6) is 0 Å². The number of hydrogen-bond donors (Lipinski definition) is 1. The Hall–Kier alpha value is -3.11. The molecule has 3 rings (SSSR count). The van der Waals surface area contributed by atoms with E-state index in [0.29, 0.717) is 21.8 Å². The Morgan fingerprint density at radius 3 is 2.71 bits per heavy atom. The molecule has 3 aromatic rings. The topological polar surface area (TPSA) is 86.9 Å². The van der Waals surface area contributed by atoms with Crippen LogP contribution in [0.3, 0.4) is 0 Å². The lowest BCUT2D eigenvalue weighted by molar-refractivity contribution is 0.0702. The van der Waals surface area contributed by atoms with Crippen LogP contribution in [0.2, 0.25) is 0 Å². The molecule has 0 saturated carbocycles. The zero-order chi connectivity index (χ0) is 17.3. The van der Waals surface area contributed by atoms with Crippen molar-refractivity contribution in [3.8, 4) is 27.9 Å². The molecule has 0 bridgehead atoms. The number of carbonyl (C=O) groups is 1. The van der Waals surface area contributed by atoms with Crippen LogP contribution in [0.25, 0.3) is 21.8 Å². The molecule has 2 aromatic heterocycles. The van der Waals surface area contributed by atoms with Gasteiger partial charge in [-0.2, -0.15) is 5.26 Å². The maximum absolute atomic E-state index is 14.1. The van der Waals surface area contributed by atoms with Gasteiger partial charge in [-0.15, -0.1) is 11.3 Å². The molecule has 0 aliphatic heterocycles. The molecule has 5 nitrogen and oxygen atoms in total. The van der Waals surface area contributed by atoms with Gasteiger partial charge in [0.05, 0.1) is 17.8 Å². The van der Waals surface area contributed by atoms with E-state index in [1.54, 1.807) is 12.1 Å². The van der Waals surface area contributed by atoms with Gasteiger partial charge in [-0.3, -0.25) is 4.98 Å². The predicted molar refractivity (Wildman–Crippen MR) is 87.2 cm³/mol. The largest absolute Gasteiger partial charge is 0.477 e. The van der Waals surface area contributed by atoms with Crippen LogP contribution in [0.1, 0.15) is 20.8 Å².